The van der Waals surface area contributed by atoms with E-state index < -0.39 is 0 Å². The first kappa shape index (κ1) is 12.8. The predicted octanol–water partition coefficient (Wildman–Crippen LogP) is 2.65. The molecular weight excluding hydrogens is 228 g/mol. The maximum Gasteiger partial charge on any atom is 0.224 e. The highest BCUT2D eigenvalue weighted by atomic mass is 35.5. The third-order valence-corrected chi connectivity index (χ3v) is 2.78. The number of carbonyl (C=O) groups is 1. The van der Waals surface area contributed by atoms with Crippen molar-refractivity contribution in [3.63, 3.8) is 0 Å². The second-order valence-corrected chi connectivity index (χ2v) is 3.96. The van der Waals surface area contributed by atoms with Gasteiger partial charge in [-0.25, -0.2) is 0 Å². The Morgan fingerprint density at radius 1 is 1.38 bits per heavy atom. The number of methoxy groups -OCH3 is 2. The van der Waals surface area contributed by atoms with Crippen molar-refractivity contribution in [2.24, 2.45) is 5.92 Å². The van der Waals surface area contributed by atoms with Crippen molar-refractivity contribution in [2.75, 3.05) is 14.2 Å². The van der Waals surface area contributed by atoms with Gasteiger partial charge in [-0.1, -0.05) is 13.0 Å². The van der Waals surface area contributed by atoms with Crippen molar-refractivity contribution in [3.05, 3.63) is 23.8 Å². The summed E-state index contributed by atoms with van der Waals surface area (Å²) in [5.41, 5.74) is 0.949. The molecule has 0 spiro atoms. The number of carbonyl (C=O) groups excluding carboxylic acids is 1. The summed E-state index contributed by atoms with van der Waals surface area (Å²) in [5.74, 6) is 1.22. The summed E-state index contributed by atoms with van der Waals surface area (Å²) >= 11 is 5.43. The molecule has 0 bridgehead atoms. The molecule has 0 aliphatic carbocycles. The van der Waals surface area contributed by atoms with Gasteiger partial charge in [-0.05, 0) is 29.7 Å². The lowest BCUT2D eigenvalue weighted by Crippen LogP contribution is -2.08. The second kappa shape index (κ2) is 5.75. The van der Waals surface area contributed by atoms with Crippen LogP contribution in [-0.4, -0.2) is 19.5 Å². The van der Waals surface area contributed by atoms with Crippen LogP contribution >= 0.6 is 11.6 Å². The molecule has 88 valence electrons. The Morgan fingerprint density at radius 3 is 2.56 bits per heavy atom. The molecule has 0 aromatic heterocycles. The number of hydrogen-bond donors (Lipinski definition) is 0. The van der Waals surface area contributed by atoms with E-state index in [0.717, 1.165) is 11.3 Å². The molecule has 0 N–H and O–H groups in total. The third-order valence-electron chi connectivity index (χ3n) is 2.41. The average molecular weight is 243 g/mol. The highest BCUT2D eigenvalue weighted by Crippen LogP contribution is 2.27. The number of hydrogen-bond acceptors (Lipinski definition) is 3. The molecule has 0 saturated carbocycles. The van der Waals surface area contributed by atoms with Crippen LogP contribution in [0.4, 0.5) is 0 Å². The van der Waals surface area contributed by atoms with Crippen molar-refractivity contribution in [1.82, 2.24) is 0 Å². The molecule has 3 nitrogen and oxygen atoms in total. The van der Waals surface area contributed by atoms with Crippen molar-refractivity contribution >= 4 is 16.8 Å². The molecule has 1 unspecified atom stereocenters. The van der Waals surface area contributed by atoms with Crippen molar-refractivity contribution < 1.29 is 14.3 Å². The zero-order valence-electron chi connectivity index (χ0n) is 9.62. The smallest absolute Gasteiger partial charge is 0.224 e. The third kappa shape index (κ3) is 3.14. The zero-order valence-corrected chi connectivity index (χ0v) is 10.4. The minimum Gasteiger partial charge on any atom is -0.497 e. The summed E-state index contributed by atoms with van der Waals surface area (Å²) in [5, 5.41) is -0.335. The first-order valence-electron chi connectivity index (χ1n) is 4.98. The van der Waals surface area contributed by atoms with Gasteiger partial charge in [-0.3, -0.25) is 4.79 Å². The highest BCUT2D eigenvalue weighted by molar-refractivity contribution is 6.63. The maximum atomic E-state index is 11.0. The van der Waals surface area contributed by atoms with Gasteiger partial charge in [-0.15, -0.1) is 0 Å². The van der Waals surface area contributed by atoms with Gasteiger partial charge in [0.25, 0.3) is 0 Å². The molecule has 0 heterocycles. The number of benzene rings is 1. The van der Waals surface area contributed by atoms with Crippen LogP contribution in [0.25, 0.3) is 0 Å². The van der Waals surface area contributed by atoms with Gasteiger partial charge in [-0.2, -0.15) is 0 Å². The minimum absolute atomic E-state index is 0.219. The van der Waals surface area contributed by atoms with E-state index in [-0.39, 0.29) is 11.2 Å². The fraction of sp³-hybridized carbons (Fsp3) is 0.417. The first-order chi connectivity index (χ1) is 7.58. The summed E-state index contributed by atoms with van der Waals surface area (Å²) in [6.45, 7) is 1.79. The molecule has 4 heteroatoms. The quantitative estimate of drug-likeness (QED) is 0.745. The highest BCUT2D eigenvalue weighted by Gasteiger charge is 2.14. The Balaban J connectivity index is 2.91. The lowest BCUT2D eigenvalue weighted by Gasteiger charge is -2.12. The first-order valence-corrected chi connectivity index (χ1v) is 5.36. The Hall–Kier alpha value is -1.22. The molecule has 0 aliphatic heterocycles. The molecule has 16 heavy (non-hydrogen) atoms. The van der Waals surface area contributed by atoms with E-state index in [0.29, 0.717) is 12.2 Å². The van der Waals surface area contributed by atoms with E-state index in [1.165, 1.54) is 0 Å². The van der Waals surface area contributed by atoms with Gasteiger partial charge in [0.1, 0.15) is 11.5 Å². The van der Waals surface area contributed by atoms with Gasteiger partial charge in [0, 0.05) is 12.0 Å². The van der Waals surface area contributed by atoms with Crippen LogP contribution < -0.4 is 9.47 Å². The lowest BCUT2D eigenvalue weighted by atomic mass is 10.0. The van der Waals surface area contributed by atoms with Crippen molar-refractivity contribution in [3.8, 4) is 11.5 Å². The maximum absolute atomic E-state index is 11.0. The molecule has 0 aliphatic rings. The molecule has 1 rings (SSSR count). The van der Waals surface area contributed by atoms with Crippen LogP contribution in [0.1, 0.15) is 12.5 Å². The zero-order chi connectivity index (χ0) is 12.1. The van der Waals surface area contributed by atoms with E-state index >= 15 is 0 Å². The normalized spacial score (nSPS) is 12.0. The van der Waals surface area contributed by atoms with Gasteiger partial charge in [0.15, 0.2) is 0 Å². The Kier molecular flexibility index (Phi) is 4.62. The van der Waals surface area contributed by atoms with Gasteiger partial charge >= 0.3 is 0 Å². The van der Waals surface area contributed by atoms with E-state index in [1.54, 1.807) is 27.2 Å². The number of rotatable bonds is 5. The summed E-state index contributed by atoms with van der Waals surface area (Å²) < 4.78 is 10.3. The van der Waals surface area contributed by atoms with Crippen LogP contribution in [0.15, 0.2) is 18.2 Å². The van der Waals surface area contributed by atoms with Crippen molar-refractivity contribution in [2.45, 2.75) is 13.3 Å². The largest absolute Gasteiger partial charge is 0.497 e. The van der Waals surface area contributed by atoms with Gasteiger partial charge < -0.3 is 9.47 Å². The monoisotopic (exact) mass is 242 g/mol. The summed E-state index contributed by atoms with van der Waals surface area (Å²) in [7, 11) is 3.19. The molecule has 1 aromatic rings. The molecule has 1 aromatic carbocycles. The minimum atomic E-state index is -0.335. The van der Waals surface area contributed by atoms with Gasteiger partial charge in [0.05, 0.1) is 14.2 Å². The Bertz CT molecular complexity index is 377. The van der Waals surface area contributed by atoms with Crippen molar-refractivity contribution in [1.29, 1.82) is 0 Å². The Labute approximate surface area is 100 Å². The second-order valence-electron chi connectivity index (χ2n) is 3.59. The van der Waals surface area contributed by atoms with E-state index in [9.17, 15) is 4.79 Å². The molecule has 0 radical (unpaired) electrons. The SMILES string of the molecule is COc1ccc(CC(C)C(=O)Cl)c(OC)c1. The molecule has 0 amide bonds. The standard InChI is InChI=1S/C12H15ClO3/c1-8(12(13)14)6-9-4-5-10(15-2)7-11(9)16-3/h4-5,7-8H,6H2,1-3H3. The van der Waals surface area contributed by atoms with Crippen LogP contribution in [-0.2, 0) is 11.2 Å². The van der Waals surface area contributed by atoms with Crippen LogP contribution in [0.2, 0.25) is 0 Å². The summed E-state index contributed by atoms with van der Waals surface area (Å²) in [4.78, 5) is 11.0. The fourth-order valence-corrected chi connectivity index (χ4v) is 1.51. The van der Waals surface area contributed by atoms with E-state index in [1.807, 2.05) is 12.1 Å². The number of halogens is 1. The molecule has 0 fully saturated rings. The number of ether oxygens (including phenoxy) is 2. The van der Waals surface area contributed by atoms with Crippen LogP contribution in [0, 0.1) is 5.92 Å². The van der Waals surface area contributed by atoms with Crippen LogP contribution in [0.5, 0.6) is 11.5 Å². The predicted molar refractivity (Wildman–Crippen MR) is 63.3 cm³/mol. The van der Waals surface area contributed by atoms with E-state index in [2.05, 4.69) is 0 Å². The molecular formula is C12H15ClO3. The van der Waals surface area contributed by atoms with Gasteiger partial charge in [0.2, 0.25) is 5.24 Å². The fourth-order valence-electron chi connectivity index (χ4n) is 1.43. The summed E-state index contributed by atoms with van der Waals surface area (Å²) in [6.07, 6.45) is 0.565. The average Bonchev–Trinajstić information content (AvgIpc) is 2.29. The molecule has 1 atom stereocenters. The summed E-state index contributed by atoms with van der Waals surface area (Å²) in [6, 6.07) is 5.51. The van der Waals surface area contributed by atoms with E-state index in [4.69, 9.17) is 21.1 Å². The van der Waals surface area contributed by atoms with Crippen LogP contribution in [0.3, 0.4) is 0 Å². The molecule has 0 saturated heterocycles. The lowest BCUT2D eigenvalue weighted by molar-refractivity contribution is -0.114. The topological polar surface area (TPSA) is 35.5 Å². The Morgan fingerprint density at radius 2 is 2.06 bits per heavy atom.